The van der Waals surface area contributed by atoms with Gasteiger partial charge in [-0.2, -0.15) is 18.2 Å². The standard InChI is InChI=1S/C16H18ClF3N4/c1-4-10(3)21-15-23-13(16(18,19)20)8-14(24-15)22-12-6-5-9(2)7-11(12)17/h5-8,10H,4H2,1-3H3,(H2,21,22,23,24)/t10-/m0/s1. The zero-order valence-electron chi connectivity index (χ0n) is 13.5. The van der Waals surface area contributed by atoms with Gasteiger partial charge in [-0.15, -0.1) is 0 Å². The lowest BCUT2D eigenvalue weighted by Gasteiger charge is -2.16. The van der Waals surface area contributed by atoms with Gasteiger partial charge < -0.3 is 10.6 Å². The Bertz CT molecular complexity index is 719. The van der Waals surface area contributed by atoms with Crippen molar-refractivity contribution in [2.75, 3.05) is 10.6 Å². The monoisotopic (exact) mass is 358 g/mol. The van der Waals surface area contributed by atoms with Crippen LogP contribution < -0.4 is 10.6 Å². The van der Waals surface area contributed by atoms with Crippen molar-refractivity contribution in [1.82, 2.24) is 9.97 Å². The Balaban J connectivity index is 2.38. The summed E-state index contributed by atoms with van der Waals surface area (Å²) in [6.07, 6.45) is -3.84. The summed E-state index contributed by atoms with van der Waals surface area (Å²) in [7, 11) is 0. The van der Waals surface area contributed by atoms with Crippen molar-refractivity contribution in [3.63, 3.8) is 0 Å². The normalized spacial score (nSPS) is 12.8. The first kappa shape index (κ1) is 18.3. The molecule has 0 saturated carbocycles. The minimum absolute atomic E-state index is 0.0221. The van der Waals surface area contributed by atoms with Crippen LogP contribution in [0.1, 0.15) is 31.5 Å². The average molecular weight is 359 g/mol. The SMILES string of the molecule is CC[C@H](C)Nc1nc(Nc2ccc(C)cc2Cl)cc(C(F)(F)F)n1. The van der Waals surface area contributed by atoms with E-state index in [-0.39, 0.29) is 17.8 Å². The quantitative estimate of drug-likeness (QED) is 0.750. The van der Waals surface area contributed by atoms with Crippen molar-refractivity contribution < 1.29 is 13.2 Å². The van der Waals surface area contributed by atoms with Gasteiger partial charge in [-0.25, -0.2) is 4.98 Å². The maximum atomic E-state index is 13.1. The number of aryl methyl sites for hydroxylation is 1. The molecule has 0 spiro atoms. The zero-order chi connectivity index (χ0) is 17.9. The Morgan fingerprint density at radius 3 is 2.50 bits per heavy atom. The van der Waals surface area contributed by atoms with Crippen molar-refractivity contribution in [3.05, 3.63) is 40.5 Å². The van der Waals surface area contributed by atoms with Gasteiger partial charge >= 0.3 is 6.18 Å². The molecule has 0 unspecified atom stereocenters. The van der Waals surface area contributed by atoms with Crippen LogP contribution in [0, 0.1) is 6.92 Å². The molecule has 2 aromatic rings. The summed E-state index contributed by atoms with van der Waals surface area (Å²) in [6, 6.07) is 6.02. The first-order valence-corrected chi connectivity index (χ1v) is 7.83. The van der Waals surface area contributed by atoms with Gasteiger partial charge in [-0.05, 0) is 38.0 Å². The van der Waals surface area contributed by atoms with Crippen LogP contribution in [0.4, 0.5) is 30.6 Å². The van der Waals surface area contributed by atoms with E-state index in [4.69, 9.17) is 11.6 Å². The molecule has 1 aromatic heterocycles. The van der Waals surface area contributed by atoms with E-state index in [9.17, 15) is 13.2 Å². The Morgan fingerprint density at radius 2 is 1.92 bits per heavy atom. The highest BCUT2D eigenvalue weighted by Gasteiger charge is 2.34. The fourth-order valence-corrected chi connectivity index (χ4v) is 2.19. The summed E-state index contributed by atoms with van der Waals surface area (Å²) in [6.45, 7) is 5.63. The van der Waals surface area contributed by atoms with Crippen molar-refractivity contribution in [2.24, 2.45) is 0 Å². The highest BCUT2D eigenvalue weighted by molar-refractivity contribution is 6.33. The maximum absolute atomic E-state index is 13.1. The van der Waals surface area contributed by atoms with E-state index in [1.54, 1.807) is 18.2 Å². The van der Waals surface area contributed by atoms with Crippen molar-refractivity contribution >= 4 is 29.1 Å². The van der Waals surface area contributed by atoms with Crippen LogP contribution in [0.25, 0.3) is 0 Å². The summed E-state index contributed by atoms with van der Waals surface area (Å²) >= 11 is 6.11. The third-order valence-corrected chi connectivity index (χ3v) is 3.70. The minimum atomic E-state index is -4.57. The topological polar surface area (TPSA) is 49.8 Å². The van der Waals surface area contributed by atoms with Crippen LogP contribution in [-0.4, -0.2) is 16.0 Å². The molecule has 0 fully saturated rings. The number of hydrogen-bond acceptors (Lipinski definition) is 4. The smallest absolute Gasteiger partial charge is 0.352 e. The molecule has 1 atom stereocenters. The van der Waals surface area contributed by atoms with Crippen molar-refractivity contribution in [2.45, 2.75) is 39.4 Å². The first-order chi connectivity index (χ1) is 11.2. The fraction of sp³-hybridized carbons (Fsp3) is 0.375. The van der Waals surface area contributed by atoms with Gasteiger partial charge in [0.1, 0.15) is 5.82 Å². The average Bonchev–Trinajstić information content (AvgIpc) is 2.49. The van der Waals surface area contributed by atoms with Crippen LogP contribution >= 0.6 is 11.6 Å². The molecule has 0 aliphatic heterocycles. The lowest BCUT2D eigenvalue weighted by atomic mass is 10.2. The molecule has 0 bridgehead atoms. The van der Waals surface area contributed by atoms with Gasteiger partial charge in [0.15, 0.2) is 5.69 Å². The van der Waals surface area contributed by atoms with Gasteiger partial charge in [0, 0.05) is 12.1 Å². The first-order valence-electron chi connectivity index (χ1n) is 7.45. The highest BCUT2D eigenvalue weighted by Crippen LogP contribution is 2.32. The fourth-order valence-electron chi connectivity index (χ4n) is 1.90. The maximum Gasteiger partial charge on any atom is 0.433 e. The molecule has 8 heteroatoms. The number of benzene rings is 1. The van der Waals surface area contributed by atoms with Crippen LogP contribution in [-0.2, 0) is 6.18 Å². The molecular formula is C16H18ClF3N4. The predicted octanol–water partition coefficient (Wildman–Crippen LogP) is 5.41. The minimum Gasteiger partial charge on any atom is -0.352 e. The summed E-state index contributed by atoms with van der Waals surface area (Å²) in [5, 5.41) is 6.08. The summed E-state index contributed by atoms with van der Waals surface area (Å²) in [5.74, 6) is -0.0567. The Hall–Kier alpha value is -2.02. The lowest BCUT2D eigenvalue weighted by molar-refractivity contribution is -0.141. The molecule has 0 aliphatic carbocycles. The largest absolute Gasteiger partial charge is 0.433 e. The molecule has 0 saturated heterocycles. The molecule has 1 aromatic carbocycles. The van der Waals surface area contributed by atoms with Crippen LogP contribution in [0.2, 0.25) is 5.02 Å². The molecule has 0 amide bonds. The molecule has 0 radical (unpaired) electrons. The molecule has 130 valence electrons. The van der Waals surface area contributed by atoms with E-state index in [1.165, 1.54) is 0 Å². The van der Waals surface area contributed by atoms with Gasteiger partial charge in [-0.1, -0.05) is 24.6 Å². The molecule has 2 N–H and O–H groups in total. The van der Waals surface area contributed by atoms with E-state index in [1.807, 2.05) is 20.8 Å². The van der Waals surface area contributed by atoms with Crippen molar-refractivity contribution in [3.8, 4) is 0 Å². The third-order valence-electron chi connectivity index (χ3n) is 3.39. The molecule has 24 heavy (non-hydrogen) atoms. The number of halogens is 4. The van der Waals surface area contributed by atoms with Gasteiger partial charge in [0.2, 0.25) is 5.95 Å². The number of anilines is 3. The van der Waals surface area contributed by atoms with E-state index in [0.717, 1.165) is 18.1 Å². The molecule has 4 nitrogen and oxygen atoms in total. The molecule has 2 rings (SSSR count). The van der Waals surface area contributed by atoms with Crippen molar-refractivity contribution in [1.29, 1.82) is 0 Å². The highest BCUT2D eigenvalue weighted by atomic mass is 35.5. The number of nitrogens with zero attached hydrogens (tertiary/aromatic N) is 2. The van der Waals surface area contributed by atoms with E-state index >= 15 is 0 Å². The molecule has 1 heterocycles. The number of hydrogen-bond donors (Lipinski definition) is 2. The molecular weight excluding hydrogens is 341 g/mol. The summed E-state index contributed by atoms with van der Waals surface area (Å²) < 4.78 is 39.2. The molecule has 0 aliphatic rings. The number of alkyl halides is 3. The second-order valence-corrected chi connectivity index (χ2v) is 5.93. The van der Waals surface area contributed by atoms with E-state index in [2.05, 4.69) is 20.6 Å². The number of rotatable bonds is 5. The second-order valence-electron chi connectivity index (χ2n) is 5.52. The van der Waals surface area contributed by atoms with Gasteiger partial charge in [-0.3, -0.25) is 0 Å². The van der Waals surface area contributed by atoms with E-state index < -0.39 is 11.9 Å². The van der Waals surface area contributed by atoms with Crippen LogP contribution in [0.3, 0.4) is 0 Å². The lowest BCUT2D eigenvalue weighted by Crippen LogP contribution is -2.18. The summed E-state index contributed by atoms with van der Waals surface area (Å²) in [4.78, 5) is 7.65. The summed E-state index contributed by atoms with van der Waals surface area (Å²) in [5.41, 5.74) is 0.404. The Kier molecular flexibility index (Phi) is 5.54. The second kappa shape index (κ2) is 7.25. The Labute approximate surface area is 143 Å². The van der Waals surface area contributed by atoms with E-state index in [0.29, 0.717) is 10.7 Å². The van der Waals surface area contributed by atoms with Gasteiger partial charge in [0.25, 0.3) is 0 Å². The predicted molar refractivity (Wildman–Crippen MR) is 89.9 cm³/mol. The number of aromatic nitrogens is 2. The van der Waals surface area contributed by atoms with Crippen LogP contribution in [0.5, 0.6) is 0 Å². The van der Waals surface area contributed by atoms with Gasteiger partial charge in [0.05, 0.1) is 10.7 Å². The third kappa shape index (κ3) is 4.74. The number of nitrogens with one attached hydrogen (secondary N) is 2. The zero-order valence-corrected chi connectivity index (χ0v) is 14.3. The Morgan fingerprint density at radius 1 is 1.21 bits per heavy atom. The van der Waals surface area contributed by atoms with Crippen LogP contribution in [0.15, 0.2) is 24.3 Å².